The van der Waals surface area contributed by atoms with Crippen LogP contribution in [0.4, 0.5) is 5.69 Å². The predicted octanol–water partition coefficient (Wildman–Crippen LogP) is 4.63. The molecule has 2 aromatic rings. The Morgan fingerprint density at radius 3 is 2.40 bits per heavy atom. The second kappa shape index (κ2) is 10.6. The van der Waals surface area contributed by atoms with Crippen LogP contribution < -0.4 is 9.64 Å². The van der Waals surface area contributed by atoms with E-state index in [-0.39, 0.29) is 49.1 Å². The lowest BCUT2D eigenvalue weighted by Gasteiger charge is -2.49. The molecule has 6 atom stereocenters. The SMILES string of the molecule is COc1cc([C@H]2C3=CC[C@@H]4C(=O)N(CCC(=O)O)C(=O)[C@@H]4[C@@H]3C[C@H]3C(=O)N(c4ccccc4)C(=O)[C@@]23C)c(Br)c(Br)c1O. The van der Waals surface area contributed by atoms with Crippen LogP contribution in [0.1, 0.15) is 37.7 Å². The number of methoxy groups -OCH3 is 1. The van der Waals surface area contributed by atoms with E-state index in [0.29, 0.717) is 20.2 Å². The molecular formula is C31H28Br2N2O8. The third-order valence-electron chi connectivity index (χ3n) is 9.63. The Morgan fingerprint density at radius 1 is 1.05 bits per heavy atom. The number of phenolic OH excluding ortho intramolecular Hbond substituents is 1. The molecule has 4 amide bonds. The van der Waals surface area contributed by atoms with E-state index < -0.39 is 52.8 Å². The maximum absolute atomic E-state index is 14.5. The van der Waals surface area contributed by atoms with Gasteiger partial charge in [-0.25, -0.2) is 4.90 Å². The van der Waals surface area contributed by atoms with Gasteiger partial charge in [-0.05, 0) is 81.3 Å². The number of amides is 4. The first-order valence-electron chi connectivity index (χ1n) is 13.9. The number of ether oxygens (including phenoxy) is 1. The molecule has 4 aliphatic rings. The van der Waals surface area contributed by atoms with Gasteiger partial charge in [0.1, 0.15) is 0 Å². The third-order valence-corrected chi connectivity index (χ3v) is 11.8. The summed E-state index contributed by atoms with van der Waals surface area (Å²) in [4.78, 5) is 69.3. The smallest absolute Gasteiger partial charge is 0.305 e. The van der Waals surface area contributed by atoms with Crippen molar-refractivity contribution in [1.82, 2.24) is 4.90 Å². The highest BCUT2D eigenvalue weighted by atomic mass is 79.9. The number of allylic oxidation sites excluding steroid dienone is 2. The Bertz CT molecular complexity index is 1630. The van der Waals surface area contributed by atoms with Crippen molar-refractivity contribution >= 4 is 67.1 Å². The maximum atomic E-state index is 14.5. The number of likely N-dealkylation sites (tertiary alicyclic amines) is 1. The second-order valence-corrected chi connectivity index (χ2v) is 13.2. The van der Waals surface area contributed by atoms with E-state index in [9.17, 15) is 34.2 Å². The number of carboxylic acid groups (broad SMARTS) is 1. The van der Waals surface area contributed by atoms with E-state index in [1.54, 1.807) is 43.3 Å². The number of rotatable bonds is 6. The van der Waals surface area contributed by atoms with Gasteiger partial charge in [-0.15, -0.1) is 0 Å². The van der Waals surface area contributed by atoms with Crippen molar-refractivity contribution in [2.75, 3.05) is 18.6 Å². The summed E-state index contributed by atoms with van der Waals surface area (Å²) in [5.41, 5.74) is 0.509. The van der Waals surface area contributed by atoms with E-state index >= 15 is 0 Å². The zero-order valence-electron chi connectivity index (χ0n) is 23.3. The van der Waals surface area contributed by atoms with Gasteiger partial charge in [0.15, 0.2) is 11.5 Å². The van der Waals surface area contributed by atoms with Crippen molar-refractivity contribution in [3.05, 3.63) is 62.6 Å². The molecule has 0 spiro atoms. The standard InChI is InChI=1S/C31H28Br2N2O8/c1-31-19(28(40)35(30(31)42)14-6-4-3-5-7-14)12-17-15(23(31)18-13-20(43-2)26(38)25(33)24(18)32)8-9-16-22(17)29(41)34(27(16)39)11-10-21(36)37/h3-8,13,16-17,19,22-23,38H,9-12H2,1-2H3,(H,36,37)/t16-,17+,19-,22-,23+,31+/m0/s1. The van der Waals surface area contributed by atoms with Crippen LogP contribution in [0.15, 0.2) is 57.0 Å². The fourth-order valence-corrected chi connectivity index (χ4v) is 8.61. The van der Waals surface area contributed by atoms with Crippen molar-refractivity contribution < 1.29 is 38.9 Å². The van der Waals surface area contributed by atoms with Crippen LogP contribution in [-0.4, -0.2) is 58.4 Å². The number of carbonyl (C=O) groups is 5. The van der Waals surface area contributed by atoms with E-state index in [0.717, 1.165) is 10.5 Å². The van der Waals surface area contributed by atoms with Crippen LogP contribution >= 0.6 is 31.9 Å². The van der Waals surface area contributed by atoms with Crippen molar-refractivity contribution in [3.8, 4) is 11.5 Å². The van der Waals surface area contributed by atoms with Gasteiger partial charge in [0, 0.05) is 16.9 Å². The molecule has 3 fully saturated rings. The molecule has 2 aliphatic heterocycles. The Balaban J connectivity index is 1.54. The van der Waals surface area contributed by atoms with Gasteiger partial charge < -0.3 is 14.9 Å². The molecule has 1 saturated carbocycles. The number of aliphatic carboxylic acids is 1. The lowest BCUT2D eigenvalue weighted by atomic mass is 9.51. The molecule has 6 rings (SSSR count). The number of benzene rings is 2. The van der Waals surface area contributed by atoms with Gasteiger partial charge >= 0.3 is 5.97 Å². The van der Waals surface area contributed by atoms with E-state index in [1.807, 2.05) is 6.08 Å². The van der Waals surface area contributed by atoms with Crippen LogP contribution in [0.25, 0.3) is 0 Å². The van der Waals surface area contributed by atoms with E-state index in [2.05, 4.69) is 31.9 Å². The van der Waals surface area contributed by atoms with Gasteiger partial charge in [-0.1, -0.05) is 29.8 Å². The normalized spacial score (nSPS) is 29.8. The van der Waals surface area contributed by atoms with Crippen LogP contribution in [0, 0.1) is 29.1 Å². The number of fused-ring (bicyclic) bond motifs is 4. The lowest BCUT2D eigenvalue weighted by molar-refractivity contribution is -0.142. The van der Waals surface area contributed by atoms with E-state index in [4.69, 9.17) is 4.74 Å². The van der Waals surface area contributed by atoms with Crippen LogP contribution in [0.2, 0.25) is 0 Å². The molecule has 0 radical (unpaired) electrons. The summed E-state index contributed by atoms with van der Waals surface area (Å²) < 4.78 is 6.23. The molecule has 0 unspecified atom stereocenters. The number of anilines is 1. The molecular weight excluding hydrogens is 688 g/mol. The molecule has 0 bridgehead atoms. The van der Waals surface area contributed by atoms with E-state index in [1.165, 1.54) is 12.0 Å². The first-order valence-corrected chi connectivity index (χ1v) is 15.5. The molecule has 2 N–H and O–H groups in total. The monoisotopic (exact) mass is 714 g/mol. The number of carbonyl (C=O) groups excluding carboxylic acids is 4. The van der Waals surface area contributed by atoms with Gasteiger partial charge in [-0.2, -0.15) is 0 Å². The first kappa shape index (κ1) is 29.6. The molecule has 2 aliphatic carbocycles. The predicted molar refractivity (Wildman–Crippen MR) is 160 cm³/mol. The number of hydrogen-bond acceptors (Lipinski definition) is 7. The number of phenols is 1. The highest BCUT2D eigenvalue weighted by Gasteiger charge is 2.67. The van der Waals surface area contributed by atoms with Gasteiger partial charge in [0.2, 0.25) is 23.6 Å². The number of halogens is 2. The number of carboxylic acids is 1. The fraction of sp³-hybridized carbons (Fsp3) is 0.387. The Labute approximate surface area is 263 Å². The average molecular weight is 716 g/mol. The topological polar surface area (TPSA) is 142 Å². The summed E-state index contributed by atoms with van der Waals surface area (Å²) in [7, 11) is 1.41. The van der Waals surface area contributed by atoms with Crippen LogP contribution in [-0.2, 0) is 24.0 Å². The lowest BCUT2D eigenvalue weighted by Crippen LogP contribution is -2.49. The molecule has 2 saturated heterocycles. The molecule has 2 heterocycles. The zero-order valence-corrected chi connectivity index (χ0v) is 26.4. The number of imide groups is 2. The highest BCUT2D eigenvalue weighted by molar-refractivity contribution is 9.13. The minimum atomic E-state index is -1.28. The molecule has 0 aromatic heterocycles. The summed E-state index contributed by atoms with van der Waals surface area (Å²) in [5, 5.41) is 19.9. The number of aromatic hydroxyl groups is 1. The van der Waals surface area contributed by atoms with Gasteiger partial charge in [-0.3, -0.25) is 28.9 Å². The molecule has 2 aromatic carbocycles. The Hall–Kier alpha value is -3.51. The summed E-state index contributed by atoms with van der Waals surface area (Å²) >= 11 is 7.03. The molecule has 43 heavy (non-hydrogen) atoms. The number of nitrogens with zero attached hydrogens (tertiary/aromatic N) is 2. The fourth-order valence-electron chi connectivity index (χ4n) is 7.65. The van der Waals surface area contributed by atoms with Crippen molar-refractivity contribution in [2.45, 2.75) is 32.1 Å². The average Bonchev–Trinajstić information content (AvgIpc) is 3.35. The Morgan fingerprint density at radius 2 is 1.74 bits per heavy atom. The zero-order chi connectivity index (χ0) is 31.0. The highest BCUT2D eigenvalue weighted by Crippen LogP contribution is 2.65. The summed E-state index contributed by atoms with van der Waals surface area (Å²) in [6.45, 7) is 1.55. The van der Waals surface area contributed by atoms with Crippen LogP contribution in [0.5, 0.6) is 11.5 Å². The summed E-state index contributed by atoms with van der Waals surface area (Å²) in [5.74, 6) is -6.29. The third kappa shape index (κ3) is 4.20. The largest absolute Gasteiger partial charge is 0.503 e. The minimum absolute atomic E-state index is 0.143. The molecule has 224 valence electrons. The molecule has 12 heteroatoms. The Kier molecular flexibility index (Phi) is 7.28. The number of para-hydroxylation sites is 1. The quantitative estimate of drug-likeness (QED) is 0.326. The van der Waals surface area contributed by atoms with Crippen molar-refractivity contribution in [2.24, 2.45) is 29.1 Å². The second-order valence-electron chi connectivity index (χ2n) is 11.6. The summed E-state index contributed by atoms with van der Waals surface area (Å²) in [6.07, 6.45) is 1.96. The minimum Gasteiger partial charge on any atom is -0.503 e. The van der Waals surface area contributed by atoms with Crippen LogP contribution in [0.3, 0.4) is 0 Å². The van der Waals surface area contributed by atoms with Gasteiger partial charge in [0.25, 0.3) is 0 Å². The first-order chi connectivity index (χ1) is 20.4. The maximum Gasteiger partial charge on any atom is 0.305 e. The van der Waals surface area contributed by atoms with Crippen molar-refractivity contribution in [1.29, 1.82) is 0 Å². The molecule has 10 nitrogen and oxygen atoms in total. The summed E-state index contributed by atoms with van der Waals surface area (Å²) in [6, 6.07) is 10.3. The van der Waals surface area contributed by atoms with Crippen molar-refractivity contribution in [3.63, 3.8) is 0 Å². The number of hydrogen-bond donors (Lipinski definition) is 2. The van der Waals surface area contributed by atoms with Gasteiger partial charge in [0.05, 0.1) is 46.9 Å².